The summed E-state index contributed by atoms with van der Waals surface area (Å²) in [6.07, 6.45) is 3.94. The molecule has 5 nitrogen and oxygen atoms in total. The van der Waals surface area contributed by atoms with Crippen molar-refractivity contribution < 1.29 is 4.74 Å². The van der Waals surface area contributed by atoms with Crippen LogP contribution in [0.1, 0.15) is 16.4 Å². The SMILES string of the molecule is COc1ccccc1C=Cc1nn2c(C)nnc2s1. The van der Waals surface area contributed by atoms with E-state index in [4.69, 9.17) is 4.74 Å². The third-order valence-electron chi connectivity index (χ3n) is 2.71. The maximum absolute atomic E-state index is 5.30. The molecular formula is C13H12N4OS. The van der Waals surface area contributed by atoms with Crippen LogP contribution in [0.3, 0.4) is 0 Å². The fourth-order valence-corrected chi connectivity index (χ4v) is 2.55. The molecule has 0 amide bonds. The predicted octanol–water partition coefficient (Wildman–Crippen LogP) is 2.67. The van der Waals surface area contributed by atoms with Gasteiger partial charge >= 0.3 is 0 Å². The minimum atomic E-state index is 0.795. The standard InChI is InChI=1S/C13H12N4OS/c1-9-14-15-13-17(9)16-12(19-13)8-7-10-5-3-4-6-11(10)18-2/h3-8H,1-2H3. The molecule has 96 valence electrons. The Morgan fingerprint density at radius 3 is 2.84 bits per heavy atom. The Kier molecular flexibility index (Phi) is 3.00. The van der Waals surface area contributed by atoms with Gasteiger partial charge in [0.2, 0.25) is 4.96 Å². The summed E-state index contributed by atoms with van der Waals surface area (Å²) in [5.41, 5.74) is 1.02. The molecule has 0 radical (unpaired) electrons. The number of hydrogen-bond acceptors (Lipinski definition) is 5. The van der Waals surface area contributed by atoms with Gasteiger partial charge < -0.3 is 4.74 Å². The quantitative estimate of drug-likeness (QED) is 0.735. The second-order valence-corrected chi connectivity index (χ2v) is 4.94. The van der Waals surface area contributed by atoms with Gasteiger partial charge in [0.1, 0.15) is 10.8 Å². The molecule has 0 saturated carbocycles. The van der Waals surface area contributed by atoms with E-state index in [1.165, 1.54) is 11.3 Å². The van der Waals surface area contributed by atoms with Gasteiger partial charge in [-0.15, -0.1) is 10.2 Å². The first kappa shape index (κ1) is 11.9. The monoisotopic (exact) mass is 272 g/mol. The van der Waals surface area contributed by atoms with Crippen LogP contribution in [0.15, 0.2) is 24.3 Å². The van der Waals surface area contributed by atoms with Crippen molar-refractivity contribution >= 4 is 28.4 Å². The van der Waals surface area contributed by atoms with E-state index in [0.717, 1.165) is 27.1 Å². The molecule has 0 spiro atoms. The number of rotatable bonds is 3. The lowest BCUT2D eigenvalue weighted by Gasteiger charge is -2.02. The first-order chi connectivity index (χ1) is 9.28. The molecular weight excluding hydrogens is 260 g/mol. The highest BCUT2D eigenvalue weighted by Crippen LogP contribution is 2.21. The Bertz CT molecular complexity index is 744. The molecule has 0 aliphatic heterocycles. The summed E-state index contributed by atoms with van der Waals surface area (Å²) in [5.74, 6) is 1.64. The van der Waals surface area contributed by atoms with Gasteiger partial charge in [-0.2, -0.15) is 9.61 Å². The molecule has 0 N–H and O–H groups in total. The van der Waals surface area contributed by atoms with Gasteiger partial charge in [0.25, 0.3) is 0 Å². The van der Waals surface area contributed by atoms with Crippen LogP contribution in [0.5, 0.6) is 5.75 Å². The summed E-state index contributed by atoms with van der Waals surface area (Å²) in [6.45, 7) is 1.88. The lowest BCUT2D eigenvalue weighted by Crippen LogP contribution is -1.88. The molecule has 6 heteroatoms. The Morgan fingerprint density at radius 2 is 2.05 bits per heavy atom. The molecule has 0 aliphatic rings. The summed E-state index contributed by atoms with van der Waals surface area (Å²) in [6, 6.07) is 7.86. The number of aryl methyl sites for hydroxylation is 1. The molecule has 0 atom stereocenters. The fourth-order valence-electron chi connectivity index (χ4n) is 1.76. The molecule has 2 aromatic heterocycles. The van der Waals surface area contributed by atoms with Crippen LogP contribution in [-0.2, 0) is 0 Å². The summed E-state index contributed by atoms with van der Waals surface area (Å²) >= 11 is 1.50. The molecule has 0 saturated heterocycles. The van der Waals surface area contributed by atoms with E-state index in [2.05, 4.69) is 15.3 Å². The van der Waals surface area contributed by atoms with Crippen molar-refractivity contribution in [2.24, 2.45) is 0 Å². The van der Waals surface area contributed by atoms with E-state index in [0.29, 0.717) is 0 Å². The zero-order chi connectivity index (χ0) is 13.2. The van der Waals surface area contributed by atoms with Crippen LogP contribution in [0.4, 0.5) is 0 Å². The van der Waals surface area contributed by atoms with E-state index in [1.54, 1.807) is 11.6 Å². The number of hydrogen-bond donors (Lipinski definition) is 0. The van der Waals surface area contributed by atoms with Gasteiger partial charge in [-0.1, -0.05) is 29.5 Å². The van der Waals surface area contributed by atoms with Gasteiger partial charge in [0.15, 0.2) is 5.82 Å². The van der Waals surface area contributed by atoms with Crippen LogP contribution >= 0.6 is 11.3 Å². The van der Waals surface area contributed by atoms with Crippen molar-refractivity contribution in [3.8, 4) is 5.75 Å². The maximum Gasteiger partial charge on any atom is 0.234 e. The van der Waals surface area contributed by atoms with Gasteiger partial charge in [-0.3, -0.25) is 0 Å². The predicted molar refractivity (Wildman–Crippen MR) is 75.3 cm³/mol. The number of methoxy groups -OCH3 is 1. The molecule has 19 heavy (non-hydrogen) atoms. The first-order valence-corrected chi connectivity index (χ1v) is 6.59. The summed E-state index contributed by atoms with van der Waals surface area (Å²) in [4.78, 5) is 0.803. The Labute approximate surface area is 114 Å². The second kappa shape index (κ2) is 4.81. The average molecular weight is 272 g/mol. The lowest BCUT2D eigenvalue weighted by molar-refractivity contribution is 0.414. The lowest BCUT2D eigenvalue weighted by atomic mass is 10.2. The molecule has 0 bridgehead atoms. The van der Waals surface area contributed by atoms with Crippen LogP contribution in [0, 0.1) is 6.92 Å². The molecule has 2 heterocycles. The molecule has 0 unspecified atom stereocenters. The van der Waals surface area contributed by atoms with Crippen molar-refractivity contribution in [2.45, 2.75) is 6.92 Å². The zero-order valence-electron chi connectivity index (χ0n) is 10.6. The molecule has 3 rings (SSSR count). The number of benzene rings is 1. The maximum atomic E-state index is 5.30. The molecule has 1 aromatic carbocycles. The highest BCUT2D eigenvalue weighted by Gasteiger charge is 2.06. The number of para-hydroxylation sites is 1. The highest BCUT2D eigenvalue weighted by atomic mass is 32.1. The topological polar surface area (TPSA) is 52.3 Å². The Hall–Kier alpha value is -2.21. The van der Waals surface area contributed by atoms with Gasteiger partial charge in [-0.25, -0.2) is 0 Å². The minimum absolute atomic E-state index is 0.795. The van der Waals surface area contributed by atoms with Crippen molar-refractivity contribution in [3.05, 3.63) is 40.7 Å². The second-order valence-electron chi connectivity index (χ2n) is 3.96. The van der Waals surface area contributed by atoms with E-state index in [1.807, 2.05) is 43.3 Å². The third-order valence-corrected chi connectivity index (χ3v) is 3.57. The summed E-state index contributed by atoms with van der Waals surface area (Å²) in [7, 11) is 1.67. The van der Waals surface area contributed by atoms with E-state index in [-0.39, 0.29) is 0 Å². The average Bonchev–Trinajstić information content (AvgIpc) is 2.99. The van der Waals surface area contributed by atoms with Crippen LogP contribution in [0.25, 0.3) is 17.1 Å². The fraction of sp³-hybridized carbons (Fsp3) is 0.154. The zero-order valence-corrected chi connectivity index (χ0v) is 11.4. The smallest absolute Gasteiger partial charge is 0.234 e. The van der Waals surface area contributed by atoms with Crippen molar-refractivity contribution in [2.75, 3.05) is 7.11 Å². The number of fused-ring (bicyclic) bond motifs is 1. The molecule has 0 aliphatic carbocycles. The van der Waals surface area contributed by atoms with Crippen molar-refractivity contribution in [3.63, 3.8) is 0 Å². The number of aromatic nitrogens is 4. The van der Waals surface area contributed by atoms with Gasteiger partial charge in [-0.05, 0) is 25.1 Å². The van der Waals surface area contributed by atoms with Gasteiger partial charge in [0.05, 0.1) is 7.11 Å². The van der Waals surface area contributed by atoms with E-state index in [9.17, 15) is 0 Å². The molecule has 3 aromatic rings. The largest absolute Gasteiger partial charge is 0.496 e. The number of ether oxygens (including phenoxy) is 1. The van der Waals surface area contributed by atoms with Crippen molar-refractivity contribution in [1.29, 1.82) is 0 Å². The van der Waals surface area contributed by atoms with Crippen molar-refractivity contribution in [1.82, 2.24) is 19.8 Å². The minimum Gasteiger partial charge on any atom is -0.496 e. The Morgan fingerprint density at radius 1 is 1.21 bits per heavy atom. The van der Waals surface area contributed by atoms with Crippen LogP contribution in [0.2, 0.25) is 0 Å². The Balaban J connectivity index is 1.93. The highest BCUT2D eigenvalue weighted by molar-refractivity contribution is 7.17. The number of nitrogens with zero attached hydrogens (tertiary/aromatic N) is 4. The van der Waals surface area contributed by atoms with Gasteiger partial charge in [0, 0.05) is 5.56 Å². The van der Waals surface area contributed by atoms with E-state index >= 15 is 0 Å². The first-order valence-electron chi connectivity index (χ1n) is 5.78. The third kappa shape index (κ3) is 2.22. The van der Waals surface area contributed by atoms with Crippen LogP contribution < -0.4 is 4.74 Å². The van der Waals surface area contributed by atoms with Crippen LogP contribution in [-0.4, -0.2) is 26.9 Å². The van der Waals surface area contributed by atoms with E-state index < -0.39 is 0 Å². The molecule has 0 fully saturated rings. The summed E-state index contributed by atoms with van der Waals surface area (Å²) in [5, 5.41) is 13.3. The normalized spacial score (nSPS) is 11.5. The summed E-state index contributed by atoms with van der Waals surface area (Å²) < 4.78 is 7.04.